The Labute approximate surface area is 149 Å². The molecule has 25 heavy (non-hydrogen) atoms. The molecule has 132 valence electrons. The molecule has 0 aliphatic carbocycles. The van der Waals surface area contributed by atoms with Crippen molar-refractivity contribution in [3.63, 3.8) is 0 Å². The summed E-state index contributed by atoms with van der Waals surface area (Å²) in [7, 11) is 0. The van der Waals surface area contributed by atoms with Gasteiger partial charge < -0.3 is 14.8 Å². The number of carbonyl (C=O) groups excluding carboxylic acids is 1. The zero-order valence-corrected chi connectivity index (χ0v) is 15.0. The van der Waals surface area contributed by atoms with Gasteiger partial charge >= 0.3 is 0 Å². The Balaban J connectivity index is 1.64. The highest BCUT2D eigenvalue weighted by molar-refractivity contribution is 5.95. The smallest absolute Gasteiger partial charge is 0.251 e. The molecule has 0 radical (unpaired) electrons. The van der Waals surface area contributed by atoms with Crippen LogP contribution in [0.2, 0.25) is 0 Å². The van der Waals surface area contributed by atoms with Crippen molar-refractivity contribution in [3.8, 4) is 11.5 Å². The minimum Gasteiger partial charge on any atom is -0.486 e. The molecule has 1 amide bonds. The largest absolute Gasteiger partial charge is 0.486 e. The Morgan fingerprint density at radius 1 is 1.08 bits per heavy atom. The van der Waals surface area contributed by atoms with Crippen LogP contribution in [0.1, 0.15) is 43.1 Å². The standard InChI is InChI=1S/C21H25NO3/c1-15(14-21(2,3)17-7-5-4-6-8-17)22-20(23)16-9-10-18-19(13-16)25-12-11-24-18/h4-10,13,15H,11-12,14H2,1-3H3,(H,22,23)/t15-/m0/s1. The number of hydrogen-bond acceptors (Lipinski definition) is 3. The average molecular weight is 339 g/mol. The van der Waals surface area contributed by atoms with Gasteiger partial charge in [0, 0.05) is 11.6 Å². The van der Waals surface area contributed by atoms with Gasteiger partial charge in [0.25, 0.3) is 5.91 Å². The quantitative estimate of drug-likeness (QED) is 0.897. The van der Waals surface area contributed by atoms with Crippen molar-refractivity contribution in [1.82, 2.24) is 5.32 Å². The van der Waals surface area contributed by atoms with Crippen molar-refractivity contribution in [2.75, 3.05) is 13.2 Å². The molecule has 1 heterocycles. The Hall–Kier alpha value is -2.49. The topological polar surface area (TPSA) is 47.6 Å². The number of benzene rings is 2. The van der Waals surface area contributed by atoms with Crippen molar-refractivity contribution in [2.45, 2.75) is 38.6 Å². The predicted molar refractivity (Wildman–Crippen MR) is 98.4 cm³/mol. The molecule has 0 saturated carbocycles. The summed E-state index contributed by atoms with van der Waals surface area (Å²) in [5.74, 6) is 1.24. The van der Waals surface area contributed by atoms with Gasteiger partial charge in [-0.3, -0.25) is 4.79 Å². The Kier molecular flexibility index (Phi) is 4.98. The number of carbonyl (C=O) groups is 1. The summed E-state index contributed by atoms with van der Waals surface area (Å²) in [6.45, 7) is 7.51. The zero-order valence-electron chi connectivity index (χ0n) is 15.0. The molecule has 1 N–H and O–H groups in total. The normalized spacial score (nSPS) is 14.7. The molecule has 4 nitrogen and oxygen atoms in total. The first-order valence-electron chi connectivity index (χ1n) is 8.72. The van der Waals surface area contributed by atoms with E-state index in [9.17, 15) is 4.79 Å². The maximum Gasteiger partial charge on any atom is 0.251 e. The highest BCUT2D eigenvalue weighted by atomic mass is 16.6. The molecule has 0 spiro atoms. The van der Waals surface area contributed by atoms with Crippen molar-refractivity contribution in [3.05, 3.63) is 59.7 Å². The lowest BCUT2D eigenvalue weighted by Gasteiger charge is -2.29. The second-order valence-corrected chi connectivity index (χ2v) is 7.19. The lowest BCUT2D eigenvalue weighted by atomic mass is 9.79. The summed E-state index contributed by atoms with van der Waals surface area (Å²) in [6, 6.07) is 15.8. The molecule has 0 unspecified atom stereocenters. The third-order valence-corrected chi connectivity index (χ3v) is 4.55. The average Bonchev–Trinajstić information content (AvgIpc) is 2.61. The minimum absolute atomic E-state index is 0.0131. The van der Waals surface area contributed by atoms with Crippen LogP contribution >= 0.6 is 0 Å². The van der Waals surface area contributed by atoms with E-state index in [2.05, 4.69) is 43.4 Å². The number of hydrogen-bond donors (Lipinski definition) is 1. The summed E-state index contributed by atoms with van der Waals surface area (Å²) in [5.41, 5.74) is 1.85. The number of amides is 1. The number of nitrogens with one attached hydrogen (secondary N) is 1. The number of ether oxygens (including phenoxy) is 2. The molecule has 4 heteroatoms. The molecular formula is C21H25NO3. The van der Waals surface area contributed by atoms with Gasteiger partial charge in [-0.25, -0.2) is 0 Å². The van der Waals surface area contributed by atoms with Gasteiger partial charge in [-0.1, -0.05) is 44.2 Å². The van der Waals surface area contributed by atoms with Gasteiger partial charge in [0.15, 0.2) is 11.5 Å². The molecule has 3 rings (SSSR count). The monoisotopic (exact) mass is 339 g/mol. The first-order chi connectivity index (χ1) is 12.0. The van der Waals surface area contributed by atoms with Crippen LogP contribution in [0.25, 0.3) is 0 Å². The third kappa shape index (κ3) is 4.13. The van der Waals surface area contributed by atoms with Gasteiger partial charge in [-0.15, -0.1) is 0 Å². The van der Waals surface area contributed by atoms with Crippen LogP contribution in [0.3, 0.4) is 0 Å². The first kappa shape index (κ1) is 17.3. The highest BCUT2D eigenvalue weighted by Crippen LogP contribution is 2.31. The summed E-state index contributed by atoms with van der Waals surface area (Å²) in [4.78, 5) is 12.6. The minimum atomic E-state index is -0.0895. The van der Waals surface area contributed by atoms with E-state index in [4.69, 9.17) is 9.47 Å². The van der Waals surface area contributed by atoms with E-state index in [1.807, 2.05) is 13.0 Å². The van der Waals surface area contributed by atoms with Gasteiger partial charge in [-0.05, 0) is 42.5 Å². The summed E-state index contributed by atoms with van der Waals surface area (Å²) in [5, 5.41) is 3.09. The van der Waals surface area contributed by atoms with Gasteiger partial charge in [-0.2, -0.15) is 0 Å². The molecule has 1 aliphatic rings. The fourth-order valence-electron chi connectivity index (χ4n) is 3.32. The summed E-state index contributed by atoms with van der Waals surface area (Å²) < 4.78 is 11.1. The van der Waals surface area contributed by atoms with Crippen molar-refractivity contribution in [1.29, 1.82) is 0 Å². The Morgan fingerprint density at radius 2 is 1.76 bits per heavy atom. The first-order valence-corrected chi connectivity index (χ1v) is 8.72. The van der Waals surface area contributed by atoms with Crippen molar-refractivity contribution in [2.24, 2.45) is 0 Å². The van der Waals surface area contributed by atoms with Gasteiger partial charge in [0.1, 0.15) is 13.2 Å². The lowest BCUT2D eigenvalue weighted by molar-refractivity contribution is 0.0933. The molecule has 0 bridgehead atoms. The van der Waals surface area contributed by atoms with E-state index >= 15 is 0 Å². The van der Waals surface area contributed by atoms with Crippen LogP contribution in [0.15, 0.2) is 48.5 Å². The number of rotatable bonds is 5. The summed E-state index contributed by atoms with van der Waals surface area (Å²) in [6.07, 6.45) is 0.854. The maximum absolute atomic E-state index is 12.6. The van der Waals surface area contributed by atoms with Gasteiger partial charge in [0.2, 0.25) is 0 Å². The van der Waals surface area contributed by atoms with E-state index in [0.717, 1.165) is 6.42 Å². The third-order valence-electron chi connectivity index (χ3n) is 4.55. The van der Waals surface area contributed by atoms with Crippen molar-refractivity contribution < 1.29 is 14.3 Å². The van der Waals surface area contributed by atoms with Crippen LogP contribution in [0, 0.1) is 0 Å². The maximum atomic E-state index is 12.6. The lowest BCUT2D eigenvalue weighted by Crippen LogP contribution is -2.37. The molecule has 0 saturated heterocycles. The summed E-state index contributed by atoms with van der Waals surface area (Å²) >= 11 is 0. The second-order valence-electron chi connectivity index (χ2n) is 7.19. The SMILES string of the molecule is C[C@@H](CC(C)(C)c1ccccc1)NC(=O)c1ccc2c(c1)OCCO2. The zero-order chi connectivity index (χ0) is 17.9. The Bertz CT molecular complexity index is 740. The van der Waals surface area contributed by atoms with E-state index in [1.54, 1.807) is 18.2 Å². The molecular weight excluding hydrogens is 314 g/mol. The highest BCUT2D eigenvalue weighted by Gasteiger charge is 2.24. The van der Waals surface area contributed by atoms with Crippen molar-refractivity contribution >= 4 is 5.91 Å². The van der Waals surface area contributed by atoms with Gasteiger partial charge in [0.05, 0.1) is 0 Å². The van der Waals surface area contributed by atoms with Crippen LogP contribution in [-0.4, -0.2) is 25.2 Å². The Morgan fingerprint density at radius 3 is 2.48 bits per heavy atom. The molecule has 0 fully saturated rings. The molecule has 1 atom stereocenters. The van der Waals surface area contributed by atoms with E-state index < -0.39 is 0 Å². The second kappa shape index (κ2) is 7.18. The van der Waals surface area contributed by atoms with Crippen LogP contribution in [0.4, 0.5) is 0 Å². The van der Waals surface area contributed by atoms with Crippen LogP contribution in [0.5, 0.6) is 11.5 Å². The molecule has 2 aromatic rings. The molecule has 0 aromatic heterocycles. The van der Waals surface area contributed by atoms with Crippen LogP contribution < -0.4 is 14.8 Å². The fraction of sp³-hybridized carbons (Fsp3) is 0.381. The van der Waals surface area contributed by atoms with Crippen LogP contribution in [-0.2, 0) is 5.41 Å². The fourth-order valence-corrected chi connectivity index (χ4v) is 3.32. The van der Waals surface area contributed by atoms with E-state index in [0.29, 0.717) is 30.3 Å². The molecule has 1 aliphatic heterocycles. The predicted octanol–water partition coefficient (Wildman–Crippen LogP) is 3.94. The van der Waals surface area contributed by atoms with E-state index in [-0.39, 0.29) is 17.4 Å². The van der Waals surface area contributed by atoms with E-state index in [1.165, 1.54) is 5.56 Å². The number of fused-ring (bicyclic) bond motifs is 1. The molecule has 2 aromatic carbocycles.